The summed E-state index contributed by atoms with van der Waals surface area (Å²) in [5, 5.41) is 11.2. The maximum atomic E-state index is 3.95. The lowest BCUT2D eigenvalue weighted by Crippen LogP contribution is -2.30. The Morgan fingerprint density at radius 2 is 2.07 bits per heavy atom. The van der Waals surface area contributed by atoms with Crippen molar-refractivity contribution in [3.63, 3.8) is 0 Å². The van der Waals surface area contributed by atoms with Crippen LogP contribution < -0.4 is 4.57 Å². The third-order valence-electron chi connectivity index (χ3n) is 2.25. The summed E-state index contributed by atoms with van der Waals surface area (Å²) in [5.41, 5.74) is 2.13. The zero-order valence-electron chi connectivity index (χ0n) is 7.83. The third-order valence-corrected chi connectivity index (χ3v) is 2.25. The van der Waals surface area contributed by atoms with Gasteiger partial charge in [0.05, 0.1) is 6.20 Å². The molecule has 0 bridgehead atoms. The topological polar surface area (TPSA) is 58.3 Å². The third kappa shape index (κ3) is 1.25. The first-order valence-corrected chi connectivity index (χ1v) is 4.58. The highest BCUT2D eigenvalue weighted by molar-refractivity contribution is 5.70. The summed E-state index contributed by atoms with van der Waals surface area (Å²) in [6.07, 6.45) is 3.48. The Labute approximate surface area is 85.4 Å². The van der Waals surface area contributed by atoms with Crippen molar-refractivity contribution in [2.75, 3.05) is 0 Å². The molecule has 0 fully saturated rings. The van der Waals surface area contributed by atoms with Gasteiger partial charge in [-0.1, -0.05) is 12.1 Å². The molecule has 0 aliphatic rings. The van der Waals surface area contributed by atoms with Crippen LogP contribution in [0, 0.1) is 0 Å². The fraction of sp³-hybridized carbons (Fsp3) is 0. The predicted octanol–water partition coefficient (Wildman–Crippen LogP) is 0.630. The van der Waals surface area contributed by atoms with Crippen LogP contribution in [0.15, 0.2) is 42.9 Å². The number of fused-ring (bicyclic) bond motifs is 1. The van der Waals surface area contributed by atoms with Crippen molar-refractivity contribution >= 4 is 11.0 Å². The zero-order valence-corrected chi connectivity index (χ0v) is 7.83. The minimum atomic E-state index is 0.752. The SMILES string of the molecule is c1ccc2c(c1)[nH]c[n+]2-c1ccnnn1. The molecule has 72 valence electrons. The average Bonchev–Trinajstić information content (AvgIpc) is 2.74. The highest BCUT2D eigenvalue weighted by atomic mass is 15.3. The van der Waals surface area contributed by atoms with Crippen LogP contribution in [0.25, 0.3) is 16.9 Å². The minimum absolute atomic E-state index is 0.752. The van der Waals surface area contributed by atoms with Crippen molar-refractivity contribution in [1.82, 2.24) is 20.4 Å². The highest BCUT2D eigenvalue weighted by Gasteiger charge is 2.11. The van der Waals surface area contributed by atoms with Crippen LogP contribution >= 0.6 is 0 Å². The molecule has 0 aliphatic heterocycles. The lowest BCUT2D eigenvalue weighted by molar-refractivity contribution is -0.571. The van der Waals surface area contributed by atoms with Gasteiger partial charge in [-0.3, -0.25) is 4.98 Å². The minimum Gasteiger partial charge on any atom is -0.276 e. The number of aromatic nitrogens is 5. The molecule has 2 aromatic heterocycles. The molecule has 5 nitrogen and oxygen atoms in total. The summed E-state index contributed by atoms with van der Waals surface area (Å²) >= 11 is 0. The second-order valence-electron chi connectivity index (χ2n) is 3.14. The summed E-state index contributed by atoms with van der Waals surface area (Å²) in [4.78, 5) is 3.16. The first-order valence-electron chi connectivity index (χ1n) is 4.58. The average molecular weight is 198 g/mol. The molecule has 1 N–H and O–H groups in total. The van der Waals surface area contributed by atoms with E-state index >= 15 is 0 Å². The molecule has 0 atom stereocenters. The molecule has 0 saturated heterocycles. The Kier molecular flexibility index (Phi) is 1.68. The summed E-state index contributed by atoms with van der Waals surface area (Å²) in [5.74, 6) is 0.752. The fourth-order valence-electron chi connectivity index (χ4n) is 1.56. The van der Waals surface area contributed by atoms with Gasteiger partial charge >= 0.3 is 0 Å². The van der Waals surface area contributed by atoms with Crippen molar-refractivity contribution < 1.29 is 4.57 Å². The van der Waals surface area contributed by atoms with Gasteiger partial charge in [0.15, 0.2) is 6.33 Å². The smallest absolute Gasteiger partial charge is 0.276 e. The number of nitrogens with zero attached hydrogens (tertiary/aromatic N) is 4. The van der Waals surface area contributed by atoms with E-state index < -0.39 is 0 Å². The van der Waals surface area contributed by atoms with Crippen molar-refractivity contribution in [1.29, 1.82) is 0 Å². The van der Waals surface area contributed by atoms with Crippen LogP contribution in [0.3, 0.4) is 0 Å². The van der Waals surface area contributed by atoms with Gasteiger partial charge in [-0.25, -0.2) is 0 Å². The Bertz CT molecular complexity index is 587. The second-order valence-corrected chi connectivity index (χ2v) is 3.14. The van der Waals surface area contributed by atoms with Crippen LogP contribution in [0.5, 0.6) is 0 Å². The van der Waals surface area contributed by atoms with Crippen molar-refractivity contribution in [3.8, 4) is 5.82 Å². The molecular weight excluding hydrogens is 190 g/mol. The molecule has 3 aromatic rings. The van der Waals surface area contributed by atoms with Crippen molar-refractivity contribution in [2.24, 2.45) is 0 Å². The molecule has 1 aromatic carbocycles. The van der Waals surface area contributed by atoms with Crippen molar-refractivity contribution in [2.45, 2.75) is 0 Å². The van der Waals surface area contributed by atoms with Crippen molar-refractivity contribution in [3.05, 3.63) is 42.9 Å². The Balaban J connectivity index is 2.28. The summed E-state index contributed by atoms with van der Waals surface area (Å²) in [6, 6.07) is 9.82. The maximum absolute atomic E-state index is 3.95. The Morgan fingerprint density at radius 1 is 1.13 bits per heavy atom. The van der Waals surface area contributed by atoms with Gasteiger partial charge in [-0.15, -0.1) is 5.10 Å². The molecule has 0 saturated carbocycles. The summed E-state index contributed by atoms with van der Waals surface area (Å²) in [7, 11) is 0. The fourth-order valence-corrected chi connectivity index (χ4v) is 1.56. The molecule has 0 amide bonds. The monoisotopic (exact) mass is 198 g/mol. The molecule has 5 heteroatoms. The first-order chi connectivity index (χ1) is 7.45. The number of benzene rings is 1. The molecule has 2 heterocycles. The first kappa shape index (κ1) is 8.05. The van der Waals surface area contributed by atoms with E-state index in [2.05, 4.69) is 20.4 Å². The van der Waals surface area contributed by atoms with Gasteiger partial charge < -0.3 is 0 Å². The van der Waals surface area contributed by atoms with Crippen LogP contribution in [-0.4, -0.2) is 20.4 Å². The van der Waals surface area contributed by atoms with Gasteiger partial charge in [0.25, 0.3) is 5.82 Å². The van der Waals surface area contributed by atoms with Crippen LogP contribution in [0.2, 0.25) is 0 Å². The second kappa shape index (κ2) is 3.13. The standard InChI is InChI=1S/C10H7N5/c1-2-4-9-8(3-1)11-7-15(9)10-5-6-12-14-13-10/h1-7H/p+1. The predicted molar refractivity (Wildman–Crippen MR) is 53.2 cm³/mol. The number of nitrogens with one attached hydrogen (secondary N) is 1. The zero-order chi connectivity index (χ0) is 10.1. The van der Waals surface area contributed by atoms with Gasteiger partial charge in [-0.05, 0) is 12.1 Å². The van der Waals surface area contributed by atoms with E-state index in [-0.39, 0.29) is 0 Å². The Hall–Kier alpha value is -2.30. The highest BCUT2D eigenvalue weighted by Crippen LogP contribution is 2.07. The van der Waals surface area contributed by atoms with E-state index in [0.717, 1.165) is 16.9 Å². The number of para-hydroxylation sites is 2. The van der Waals surface area contributed by atoms with Crippen LogP contribution in [0.1, 0.15) is 0 Å². The van der Waals surface area contributed by atoms with E-state index in [9.17, 15) is 0 Å². The van der Waals surface area contributed by atoms with E-state index in [1.54, 1.807) is 6.20 Å². The van der Waals surface area contributed by atoms with E-state index in [1.165, 1.54) is 0 Å². The largest absolute Gasteiger partial charge is 0.296 e. The molecule has 0 aliphatic carbocycles. The molecule has 15 heavy (non-hydrogen) atoms. The summed E-state index contributed by atoms with van der Waals surface area (Å²) < 4.78 is 1.93. The van der Waals surface area contributed by atoms with Gasteiger partial charge in [0.2, 0.25) is 0 Å². The number of rotatable bonds is 1. The molecule has 3 rings (SSSR count). The quantitative estimate of drug-likeness (QED) is 0.583. The number of hydrogen-bond donors (Lipinski definition) is 1. The number of hydrogen-bond acceptors (Lipinski definition) is 3. The molecular formula is C10H8N5+. The lowest BCUT2D eigenvalue weighted by atomic mass is 10.3. The molecule has 0 spiro atoms. The van der Waals surface area contributed by atoms with E-state index in [1.807, 2.05) is 41.2 Å². The lowest BCUT2D eigenvalue weighted by Gasteiger charge is -1.91. The molecule has 0 unspecified atom stereocenters. The van der Waals surface area contributed by atoms with E-state index in [0.29, 0.717) is 0 Å². The molecule has 0 radical (unpaired) electrons. The van der Waals surface area contributed by atoms with Crippen LogP contribution in [0.4, 0.5) is 0 Å². The van der Waals surface area contributed by atoms with E-state index in [4.69, 9.17) is 0 Å². The van der Waals surface area contributed by atoms with Gasteiger partial charge in [0.1, 0.15) is 11.0 Å². The van der Waals surface area contributed by atoms with Crippen LogP contribution in [-0.2, 0) is 0 Å². The summed E-state index contributed by atoms with van der Waals surface area (Å²) in [6.45, 7) is 0. The normalized spacial score (nSPS) is 10.7. The van der Waals surface area contributed by atoms with Gasteiger partial charge in [-0.2, -0.15) is 4.57 Å². The number of aromatic amines is 1. The number of imidazole rings is 1. The maximum Gasteiger partial charge on any atom is 0.296 e. The Morgan fingerprint density at radius 3 is 2.93 bits per heavy atom. The number of H-pyrrole nitrogens is 1. The van der Waals surface area contributed by atoms with Gasteiger partial charge in [0, 0.05) is 16.4 Å².